The average molecular weight is 155 g/mol. The Morgan fingerprint density at radius 2 is 2.36 bits per heavy atom. The molecule has 0 radical (unpaired) electrons. The van der Waals surface area contributed by atoms with E-state index >= 15 is 0 Å². The summed E-state index contributed by atoms with van der Waals surface area (Å²) in [5.41, 5.74) is 0.417. The highest BCUT2D eigenvalue weighted by atomic mass is 16.5. The zero-order valence-electron chi connectivity index (χ0n) is 7.47. The highest BCUT2D eigenvalue weighted by molar-refractivity contribution is 5.01. The summed E-state index contributed by atoms with van der Waals surface area (Å²) in [6.07, 6.45) is 2.59. The van der Waals surface area contributed by atoms with Gasteiger partial charge < -0.3 is 4.74 Å². The molecule has 1 spiro atoms. The van der Waals surface area contributed by atoms with Gasteiger partial charge >= 0.3 is 0 Å². The molecule has 2 heteroatoms. The van der Waals surface area contributed by atoms with Crippen molar-refractivity contribution in [1.29, 1.82) is 0 Å². The number of hydrogen-bond acceptors (Lipinski definition) is 2. The first-order chi connectivity index (χ1) is 5.26. The summed E-state index contributed by atoms with van der Waals surface area (Å²) in [5, 5.41) is 0. The number of likely N-dealkylation sites (N-methyl/N-ethyl adjacent to an activating group) is 1. The summed E-state index contributed by atoms with van der Waals surface area (Å²) in [6.45, 7) is 5.54. The Labute approximate surface area is 68.5 Å². The van der Waals surface area contributed by atoms with Crippen LogP contribution in [0.25, 0.3) is 0 Å². The molecular weight excluding hydrogens is 138 g/mol. The molecule has 2 nitrogen and oxygen atoms in total. The summed E-state index contributed by atoms with van der Waals surface area (Å²) in [7, 11) is 2.23. The minimum absolute atomic E-state index is 0.417. The fourth-order valence-corrected chi connectivity index (χ4v) is 2.51. The third-order valence-corrected chi connectivity index (χ3v) is 3.61. The van der Waals surface area contributed by atoms with E-state index in [2.05, 4.69) is 18.9 Å². The molecule has 2 aliphatic heterocycles. The zero-order valence-corrected chi connectivity index (χ0v) is 7.47. The Kier molecular flexibility index (Phi) is 1.69. The van der Waals surface area contributed by atoms with Gasteiger partial charge in [0.1, 0.15) is 0 Å². The van der Waals surface area contributed by atoms with E-state index in [1.54, 1.807) is 0 Å². The van der Waals surface area contributed by atoms with Gasteiger partial charge in [-0.15, -0.1) is 0 Å². The van der Waals surface area contributed by atoms with Gasteiger partial charge in [-0.25, -0.2) is 0 Å². The molecule has 2 heterocycles. The number of hydrogen-bond donors (Lipinski definition) is 0. The smallest absolute Gasteiger partial charge is 0.0653 e. The van der Waals surface area contributed by atoms with Gasteiger partial charge in [0, 0.05) is 12.1 Å². The van der Waals surface area contributed by atoms with Crippen molar-refractivity contribution < 1.29 is 4.74 Å². The van der Waals surface area contributed by atoms with Gasteiger partial charge in [-0.3, -0.25) is 4.90 Å². The average Bonchev–Trinajstić information content (AvgIpc) is 2.56. The maximum absolute atomic E-state index is 5.48. The minimum atomic E-state index is 0.417. The first kappa shape index (κ1) is 7.56. The van der Waals surface area contributed by atoms with Crippen LogP contribution in [0.1, 0.15) is 19.8 Å². The number of rotatable bonds is 0. The first-order valence-corrected chi connectivity index (χ1v) is 4.55. The number of likely N-dealkylation sites (tertiary alicyclic amines) is 1. The van der Waals surface area contributed by atoms with Gasteiger partial charge in [0.15, 0.2) is 0 Å². The molecule has 0 N–H and O–H groups in total. The van der Waals surface area contributed by atoms with E-state index in [4.69, 9.17) is 4.74 Å². The lowest BCUT2D eigenvalue weighted by Crippen LogP contribution is -2.45. The molecule has 0 aliphatic carbocycles. The van der Waals surface area contributed by atoms with Crippen molar-refractivity contribution in [3.8, 4) is 0 Å². The second-order valence-corrected chi connectivity index (χ2v) is 4.02. The topological polar surface area (TPSA) is 12.5 Å². The first-order valence-electron chi connectivity index (χ1n) is 4.55. The molecule has 2 atom stereocenters. The lowest BCUT2D eigenvalue weighted by Gasteiger charge is -2.33. The van der Waals surface area contributed by atoms with Crippen molar-refractivity contribution in [2.45, 2.75) is 25.3 Å². The van der Waals surface area contributed by atoms with Crippen LogP contribution in [0, 0.1) is 5.92 Å². The van der Waals surface area contributed by atoms with Crippen LogP contribution in [0.2, 0.25) is 0 Å². The fraction of sp³-hybridized carbons (Fsp3) is 1.00. The van der Waals surface area contributed by atoms with Crippen LogP contribution in [-0.4, -0.2) is 37.2 Å². The maximum Gasteiger partial charge on any atom is 0.0653 e. The fourth-order valence-electron chi connectivity index (χ4n) is 2.51. The van der Waals surface area contributed by atoms with E-state index in [1.807, 2.05) is 0 Å². The molecule has 2 aliphatic rings. The van der Waals surface area contributed by atoms with Gasteiger partial charge in [0.25, 0.3) is 0 Å². The van der Waals surface area contributed by atoms with E-state index in [1.165, 1.54) is 19.4 Å². The molecule has 0 amide bonds. The predicted octanol–water partition coefficient (Wildman–Crippen LogP) is 1.12. The summed E-state index contributed by atoms with van der Waals surface area (Å²) in [4.78, 5) is 2.49. The zero-order chi connectivity index (χ0) is 7.90. The van der Waals surface area contributed by atoms with E-state index in [0.29, 0.717) is 5.54 Å². The molecule has 64 valence electrons. The van der Waals surface area contributed by atoms with Gasteiger partial charge in [-0.1, -0.05) is 6.92 Å². The molecule has 0 aromatic rings. The third-order valence-electron chi connectivity index (χ3n) is 3.61. The standard InChI is InChI=1S/C9H17NO/c1-8-3-5-10(2)9(8)4-6-11-7-9/h8H,3-7H2,1-2H3/t8-,9?/m1/s1. The molecular formula is C9H17NO. The largest absolute Gasteiger partial charge is 0.379 e. The lowest BCUT2D eigenvalue weighted by molar-refractivity contribution is 0.0975. The summed E-state index contributed by atoms with van der Waals surface area (Å²) < 4.78 is 5.48. The van der Waals surface area contributed by atoms with Crippen molar-refractivity contribution in [3.63, 3.8) is 0 Å². The van der Waals surface area contributed by atoms with Crippen LogP contribution < -0.4 is 0 Å². The summed E-state index contributed by atoms with van der Waals surface area (Å²) in [5.74, 6) is 0.829. The van der Waals surface area contributed by atoms with Crippen molar-refractivity contribution in [1.82, 2.24) is 4.90 Å². The molecule has 11 heavy (non-hydrogen) atoms. The quantitative estimate of drug-likeness (QED) is 0.519. The van der Waals surface area contributed by atoms with Crippen LogP contribution >= 0.6 is 0 Å². The molecule has 2 rings (SSSR count). The molecule has 2 saturated heterocycles. The third kappa shape index (κ3) is 0.926. The normalized spacial score (nSPS) is 45.8. The van der Waals surface area contributed by atoms with Gasteiger partial charge in [-0.05, 0) is 32.4 Å². The Morgan fingerprint density at radius 3 is 2.82 bits per heavy atom. The van der Waals surface area contributed by atoms with E-state index in [0.717, 1.165) is 19.1 Å². The van der Waals surface area contributed by atoms with Gasteiger partial charge in [-0.2, -0.15) is 0 Å². The Bertz CT molecular complexity index is 140. The maximum atomic E-state index is 5.48. The van der Waals surface area contributed by atoms with Crippen molar-refractivity contribution in [3.05, 3.63) is 0 Å². The summed E-state index contributed by atoms with van der Waals surface area (Å²) >= 11 is 0. The van der Waals surface area contributed by atoms with Gasteiger partial charge in [0.05, 0.1) is 6.61 Å². The van der Waals surface area contributed by atoms with E-state index in [9.17, 15) is 0 Å². The lowest BCUT2D eigenvalue weighted by atomic mass is 9.86. The van der Waals surface area contributed by atoms with E-state index < -0.39 is 0 Å². The van der Waals surface area contributed by atoms with E-state index in [-0.39, 0.29) is 0 Å². The van der Waals surface area contributed by atoms with Crippen LogP contribution in [0.15, 0.2) is 0 Å². The van der Waals surface area contributed by atoms with Crippen molar-refractivity contribution in [2.24, 2.45) is 5.92 Å². The van der Waals surface area contributed by atoms with Gasteiger partial charge in [0.2, 0.25) is 0 Å². The number of ether oxygens (including phenoxy) is 1. The second kappa shape index (κ2) is 2.46. The Hall–Kier alpha value is -0.0800. The molecule has 0 aromatic carbocycles. The monoisotopic (exact) mass is 155 g/mol. The van der Waals surface area contributed by atoms with Crippen LogP contribution in [0.4, 0.5) is 0 Å². The second-order valence-electron chi connectivity index (χ2n) is 4.02. The Balaban J connectivity index is 2.19. The van der Waals surface area contributed by atoms with Crippen molar-refractivity contribution in [2.75, 3.05) is 26.8 Å². The van der Waals surface area contributed by atoms with Crippen LogP contribution in [-0.2, 0) is 4.74 Å². The molecule has 1 unspecified atom stereocenters. The van der Waals surface area contributed by atoms with Crippen LogP contribution in [0.5, 0.6) is 0 Å². The molecule has 0 bridgehead atoms. The highest BCUT2D eigenvalue weighted by Crippen LogP contribution is 2.39. The summed E-state index contributed by atoms with van der Waals surface area (Å²) in [6, 6.07) is 0. The SMILES string of the molecule is C[C@@H]1CCN(C)C12CCOC2. The van der Waals surface area contributed by atoms with Crippen molar-refractivity contribution >= 4 is 0 Å². The Morgan fingerprint density at radius 1 is 1.55 bits per heavy atom. The minimum Gasteiger partial charge on any atom is -0.379 e. The number of nitrogens with zero attached hydrogens (tertiary/aromatic N) is 1. The van der Waals surface area contributed by atoms with Crippen LogP contribution in [0.3, 0.4) is 0 Å². The predicted molar refractivity (Wildman–Crippen MR) is 44.6 cm³/mol. The molecule has 0 aromatic heterocycles. The molecule has 2 fully saturated rings. The highest BCUT2D eigenvalue weighted by Gasteiger charge is 2.46. The molecule has 0 saturated carbocycles.